The van der Waals surface area contributed by atoms with Crippen LogP contribution in [0.2, 0.25) is 0 Å². The Labute approximate surface area is 178 Å². The molecule has 2 aromatic carbocycles. The van der Waals surface area contributed by atoms with Crippen LogP contribution in [-0.4, -0.2) is 51.1 Å². The quantitative estimate of drug-likeness (QED) is 0.660. The largest absolute Gasteiger partial charge is 0.497 e. The van der Waals surface area contributed by atoms with Crippen LogP contribution < -0.4 is 20.1 Å². The zero-order valence-corrected chi connectivity index (χ0v) is 18.5. The van der Waals surface area contributed by atoms with E-state index in [1.54, 1.807) is 38.3 Å². The van der Waals surface area contributed by atoms with Gasteiger partial charge in [-0.05, 0) is 63.2 Å². The van der Waals surface area contributed by atoms with E-state index in [4.69, 9.17) is 9.47 Å². The molecule has 0 spiro atoms. The first kappa shape index (κ1) is 23.2. The molecule has 1 atom stereocenters. The van der Waals surface area contributed by atoms with E-state index in [1.807, 2.05) is 45.0 Å². The van der Waals surface area contributed by atoms with E-state index >= 15 is 0 Å². The van der Waals surface area contributed by atoms with Crippen LogP contribution in [-0.2, 0) is 9.59 Å². The molecule has 0 aromatic heterocycles. The van der Waals surface area contributed by atoms with Crippen molar-refractivity contribution in [3.05, 3.63) is 53.1 Å². The SMILES string of the molecule is COc1ccc(OC)c([C@H](C)NC(=O)CN(C)CC(=O)Nc2cccc(C)c2C)c1. The number of rotatable bonds is 9. The molecule has 30 heavy (non-hydrogen) atoms. The van der Waals surface area contributed by atoms with Gasteiger partial charge in [0.1, 0.15) is 11.5 Å². The Morgan fingerprint density at radius 3 is 2.40 bits per heavy atom. The number of benzene rings is 2. The zero-order chi connectivity index (χ0) is 22.3. The van der Waals surface area contributed by atoms with Crippen molar-refractivity contribution in [1.82, 2.24) is 10.2 Å². The van der Waals surface area contributed by atoms with Gasteiger partial charge in [0.25, 0.3) is 0 Å². The van der Waals surface area contributed by atoms with Gasteiger partial charge in [0.2, 0.25) is 11.8 Å². The number of nitrogens with zero attached hydrogens (tertiary/aromatic N) is 1. The van der Waals surface area contributed by atoms with Gasteiger partial charge in [-0.3, -0.25) is 14.5 Å². The number of ether oxygens (including phenoxy) is 2. The van der Waals surface area contributed by atoms with Crippen LogP contribution in [0.5, 0.6) is 11.5 Å². The number of aryl methyl sites for hydroxylation is 1. The van der Waals surface area contributed by atoms with E-state index in [0.29, 0.717) is 11.5 Å². The number of methoxy groups -OCH3 is 2. The third-order valence-electron chi connectivity index (χ3n) is 4.99. The first-order valence-electron chi connectivity index (χ1n) is 9.81. The predicted octanol–water partition coefficient (Wildman–Crippen LogP) is 3.07. The number of amides is 2. The number of carbonyl (C=O) groups excluding carboxylic acids is 2. The molecule has 0 saturated heterocycles. The van der Waals surface area contributed by atoms with Crippen LogP contribution in [0, 0.1) is 13.8 Å². The standard InChI is InChI=1S/C23H31N3O4/c1-15-8-7-9-20(16(15)2)25-23(28)14-26(4)13-22(27)24-17(3)19-12-18(29-5)10-11-21(19)30-6/h7-12,17H,13-14H2,1-6H3,(H,24,27)(H,25,28)/t17-/m0/s1. The molecular weight excluding hydrogens is 382 g/mol. The van der Waals surface area contributed by atoms with E-state index in [2.05, 4.69) is 10.6 Å². The second kappa shape index (κ2) is 10.6. The average Bonchev–Trinajstić information content (AvgIpc) is 2.70. The highest BCUT2D eigenvalue weighted by Gasteiger charge is 2.17. The molecule has 2 N–H and O–H groups in total. The highest BCUT2D eigenvalue weighted by molar-refractivity contribution is 5.93. The van der Waals surface area contributed by atoms with Gasteiger partial charge in [-0.25, -0.2) is 0 Å². The van der Waals surface area contributed by atoms with Crippen molar-refractivity contribution in [2.24, 2.45) is 0 Å². The molecule has 0 aliphatic rings. The Morgan fingerprint density at radius 1 is 1.03 bits per heavy atom. The van der Waals surface area contributed by atoms with Crippen LogP contribution in [0.15, 0.2) is 36.4 Å². The van der Waals surface area contributed by atoms with Crippen molar-refractivity contribution in [3.63, 3.8) is 0 Å². The molecule has 0 saturated carbocycles. The highest BCUT2D eigenvalue weighted by atomic mass is 16.5. The number of nitrogens with one attached hydrogen (secondary N) is 2. The Balaban J connectivity index is 1.91. The average molecular weight is 414 g/mol. The summed E-state index contributed by atoms with van der Waals surface area (Å²) in [5.74, 6) is 1.01. The van der Waals surface area contributed by atoms with Crippen molar-refractivity contribution < 1.29 is 19.1 Å². The Bertz CT molecular complexity index is 898. The minimum absolute atomic E-state index is 0.0941. The first-order chi connectivity index (χ1) is 14.2. The van der Waals surface area contributed by atoms with Gasteiger partial charge in [-0.2, -0.15) is 0 Å². The van der Waals surface area contributed by atoms with Gasteiger partial charge in [-0.15, -0.1) is 0 Å². The topological polar surface area (TPSA) is 79.9 Å². The summed E-state index contributed by atoms with van der Waals surface area (Å²) in [5.41, 5.74) is 3.76. The van der Waals surface area contributed by atoms with E-state index < -0.39 is 0 Å². The van der Waals surface area contributed by atoms with Gasteiger partial charge < -0.3 is 20.1 Å². The fraction of sp³-hybridized carbons (Fsp3) is 0.391. The normalized spacial score (nSPS) is 11.7. The fourth-order valence-electron chi connectivity index (χ4n) is 3.17. The van der Waals surface area contributed by atoms with E-state index in [1.165, 1.54) is 0 Å². The fourth-order valence-corrected chi connectivity index (χ4v) is 3.17. The lowest BCUT2D eigenvalue weighted by atomic mass is 10.1. The van der Waals surface area contributed by atoms with Crippen LogP contribution >= 0.6 is 0 Å². The molecule has 0 aliphatic heterocycles. The van der Waals surface area contributed by atoms with E-state index in [9.17, 15) is 9.59 Å². The highest BCUT2D eigenvalue weighted by Crippen LogP contribution is 2.29. The molecular formula is C23H31N3O4. The van der Waals surface area contributed by atoms with Crippen molar-refractivity contribution in [2.45, 2.75) is 26.8 Å². The lowest BCUT2D eigenvalue weighted by Gasteiger charge is -2.21. The van der Waals surface area contributed by atoms with Gasteiger partial charge in [0, 0.05) is 11.3 Å². The molecule has 0 heterocycles. The number of anilines is 1. The van der Waals surface area contributed by atoms with Crippen molar-refractivity contribution in [2.75, 3.05) is 39.7 Å². The van der Waals surface area contributed by atoms with Gasteiger partial charge in [0.15, 0.2) is 0 Å². The maximum atomic E-state index is 12.5. The summed E-state index contributed by atoms with van der Waals surface area (Å²) in [6, 6.07) is 10.9. The molecule has 162 valence electrons. The number of carbonyl (C=O) groups is 2. The van der Waals surface area contributed by atoms with Crippen molar-refractivity contribution in [1.29, 1.82) is 0 Å². The van der Waals surface area contributed by atoms with E-state index in [0.717, 1.165) is 22.4 Å². The minimum atomic E-state index is -0.278. The molecule has 0 aliphatic carbocycles. The van der Waals surface area contributed by atoms with Crippen LogP contribution in [0.3, 0.4) is 0 Å². The second-order valence-corrected chi connectivity index (χ2v) is 7.37. The summed E-state index contributed by atoms with van der Waals surface area (Å²) < 4.78 is 10.6. The molecule has 0 bridgehead atoms. The molecule has 7 heteroatoms. The Morgan fingerprint density at radius 2 is 1.73 bits per heavy atom. The minimum Gasteiger partial charge on any atom is -0.497 e. The summed E-state index contributed by atoms with van der Waals surface area (Å²) in [6.07, 6.45) is 0. The van der Waals surface area contributed by atoms with Gasteiger partial charge >= 0.3 is 0 Å². The maximum Gasteiger partial charge on any atom is 0.238 e. The summed E-state index contributed by atoms with van der Waals surface area (Å²) in [4.78, 5) is 26.5. The van der Waals surface area contributed by atoms with Gasteiger partial charge in [0.05, 0.1) is 33.4 Å². The van der Waals surface area contributed by atoms with Crippen molar-refractivity contribution in [3.8, 4) is 11.5 Å². The van der Waals surface area contributed by atoms with E-state index in [-0.39, 0.29) is 30.9 Å². The number of hydrogen-bond donors (Lipinski definition) is 2. The molecule has 2 rings (SSSR count). The van der Waals surface area contributed by atoms with Crippen LogP contribution in [0.25, 0.3) is 0 Å². The second-order valence-electron chi connectivity index (χ2n) is 7.37. The van der Waals surface area contributed by atoms with Gasteiger partial charge in [-0.1, -0.05) is 12.1 Å². The number of likely N-dealkylation sites (N-methyl/N-ethyl adjacent to an activating group) is 1. The summed E-state index contributed by atoms with van der Waals surface area (Å²) in [5, 5.41) is 5.85. The molecule has 0 radical (unpaired) electrons. The monoisotopic (exact) mass is 413 g/mol. The third kappa shape index (κ3) is 6.22. The molecule has 2 amide bonds. The number of hydrogen-bond acceptors (Lipinski definition) is 5. The lowest BCUT2D eigenvalue weighted by molar-refractivity contribution is -0.123. The molecule has 7 nitrogen and oxygen atoms in total. The smallest absolute Gasteiger partial charge is 0.238 e. The Hall–Kier alpha value is -3.06. The lowest BCUT2D eigenvalue weighted by Crippen LogP contribution is -2.39. The van der Waals surface area contributed by atoms with Crippen LogP contribution in [0.4, 0.5) is 5.69 Å². The Kier molecular flexibility index (Phi) is 8.24. The summed E-state index contributed by atoms with van der Waals surface area (Å²) in [7, 11) is 4.91. The maximum absolute atomic E-state index is 12.5. The summed E-state index contributed by atoms with van der Waals surface area (Å²) >= 11 is 0. The molecule has 2 aromatic rings. The summed E-state index contributed by atoms with van der Waals surface area (Å²) in [6.45, 7) is 6.05. The third-order valence-corrected chi connectivity index (χ3v) is 4.99. The van der Waals surface area contributed by atoms with Crippen LogP contribution in [0.1, 0.15) is 29.7 Å². The molecule has 0 unspecified atom stereocenters. The first-order valence-corrected chi connectivity index (χ1v) is 9.81. The van der Waals surface area contributed by atoms with Crippen molar-refractivity contribution >= 4 is 17.5 Å². The predicted molar refractivity (Wildman–Crippen MR) is 118 cm³/mol. The molecule has 0 fully saturated rings. The zero-order valence-electron chi connectivity index (χ0n) is 18.5.